The number of hydrogen-bond donors (Lipinski definition) is 2. The molecule has 0 saturated carbocycles. The third-order valence-corrected chi connectivity index (χ3v) is 3.91. The van der Waals surface area contributed by atoms with Crippen molar-refractivity contribution in [3.05, 3.63) is 58.4 Å². The molecule has 6 heteroatoms. The summed E-state index contributed by atoms with van der Waals surface area (Å²) in [5.41, 5.74) is 2.59. The highest BCUT2D eigenvalue weighted by atomic mass is 35.5. The number of halogens is 2. The number of carbonyl (C=O) groups excluding carboxylic acids is 1. The number of amides is 1. The largest absolute Gasteiger partial charge is 0.496 e. The predicted molar refractivity (Wildman–Crippen MR) is 93.2 cm³/mol. The van der Waals surface area contributed by atoms with E-state index >= 15 is 0 Å². The van der Waals surface area contributed by atoms with E-state index in [1.54, 1.807) is 7.11 Å². The standard InChI is InChI=1S/C18H20ClFN2O2/c1-12-4-7-17(24-3)13(8-12)10-22(2)11-18(23)21-16-6-5-14(20)9-15(16)19/h4-9H,10-11H2,1-3H3,(H,21,23)/p+1. The minimum absolute atomic E-state index is 0.182. The molecule has 0 saturated heterocycles. The maximum absolute atomic E-state index is 13.0. The minimum Gasteiger partial charge on any atom is -0.496 e. The van der Waals surface area contributed by atoms with E-state index in [1.807, 2.05) is 26.1 Å². The van der Waals surface area contributed by atoms with E-state index in [2.05, 4.69) is 11.4 Å². The molecule has 0 heterocycles. The fourth-order valence-corrected chi connectivity index (χ4v) is 2.71. The molecule has 2 aromatic rings. The van der Waals surface area contributed by atoms with E-state index in [-0.39, 0.29) is 17.5 Å². The van der Waals surface area contributed by atoms with Gasteiger partial charge in [0.05, 0.1) is 24.9 Å². The highest BCUT2D eigenvalue weighted by Crippen LogP contribution is 2.22. The Morgan fingerprint density at radius 3 is 2.71 bits per heavy atom. The maximum Gasteiger partial charge on any atom is 0.279 e. The van der Waals surface area contributed by atoms with Crippen molar-refractivity contribution >= 4 is 23.2 Å². The summed E-state index contributed by atoms with van der Waals surface area (Å²) in [6.07, 6.45) is 0. The molecule has 0 aliphatic heterocycles. The number of benzene rings is 2. The van der Waals surface area contributed by atoms with Crippen LogP contribution in [0.15, 0.2) is 36.4 Å². The number of methoxy groups -OCH3 is 1. The first-order chi connectivity index (χ1) is 11.4. The molecule has 0 spiro atoms. The van der Waals surface area contributed by atoms with Gasteiger partial charge in [-0.2, -0.15) is 0 Å². The number of ether oxygens (including phenoxy) is 1. The van der Waals surface area contributed by atoms with Crippen LogP contribution in [0.25, 0.3) is 0 Å². The third-order valence-electron chi connectivity index (χ3n) is 3.60. The average molecular weight is 352 g/mol. The van der Waals surface area contributed by atoms with E-state index in [0.29, 0.717) is 12.2 Å². The zero-order chi connectivity index (χ0) is 17.7. The van der Waals surface area contributed by atoms with Crippen LogP contribution >= 0.6 is 11.6 Å². The summed E-state index contributed by atoms with van der Waals surface area (Å²) in [4.78, 5) is 13.2. The van der Waals surface area contributed by atoms with Crippen molar-refractivity contribution in [2.24, 2.45) is 0 Å². The van der Waals surface area contributed by atoms with Crippen LogP contribution in [0.3, 0.4) is 0 Å². The molecule has 24 heavy (non-hydrogen) atoms. The SMILES string of the molecule is COc1ccc(C)cc1C[NH+](C)CC(=O)Nc1ccc(F)cc1Cl. The molecule has 1 unspecified atom stereocenters. The van der Waals surface area contributed by atoms with Gasteiger partial charge in [0.15, 0.2) is 6.54 Å². The van der Waals surface area contributed by atoms with Gasteiger partial charge in [-0.15, -0.1) is 0 Å². The first-order valence-corrected chi connectivity index (χ1v) is 7.96. The summed E-state index contributed by atoms with van der Waals surface area (Å²) in [5, 5.41) is 2.89. The van der Waals surface area contributed by atoms with Gasteiger partial charge >= 0.3 is 0 Å². The first-order valence-electron chi connectivity index (χ1n) is 7.58. The number of nitrogens with one attached hydrogen (secondary N) is 2. The van der Waals surface area contributed by atoms with Crippen molar-refractivity contribution in [3.8, 4) is 5.75 Å². The van der Waals surface area contributed by atoms with Crippen LogP contribution < -0.4 is 15.0 Å². The molecule has 0 aliphatic carbocycles. The summed E-state index contributed by atoms with van der Waals surface area (Å²) >= 11 is 5.92. The van der Waals surface area contributed by atoms with Crippen LogP contribution in [0, 0.1) is 12.7 Å². The second-order valence-corrected chi connectivity index (χ2v) is 6.21. The number of anilines is 1. The van der Waals surface area contributed by atoms with Crippen LogP contribution in [-0.2, 0) is 11.3 Å². The molecule has 2 rings (SSSR count). The van der Waals surface area contributed by atoms with Gasteiger partial charge in [-0.1, -0.05) is 23.2 Å². The van der Waals surface area contributed by atoms with Crippen LogP contribution in [0.4, 0.5) is 10.1 Å². The van der Waals surface area contributed by atoms with Gasteiger partial charge in [-0.25, -0.2) is 4.39 Å². The quantitative estimate of drug-likeness (QED) is 0.839. The first kappa shape index (κ1) is 18.2. The van der Waals surface area contributed by atoms with Crippen LogP contribution in [0.1, 0.15) is 11.1 Å². The lowest BCUT2D eigenvalue weighted by molar-refractivity contribution is -0.885. The molecule has 0 radical (unpaired) electrons. The maximum atomic E-state index is 13.0. The predicted octanol–water partition coefficient (Wildman–Crippen LogP) is 2.45. The molecule has 2 aromatic carbocycles. The fraction of sp³-hybridized carbons (Fsp3) is 0.278. The van der Waals surface area contributed by atoms with Gasteiger partial charge in [-0.05, 0) is 37.3 Å². The number of rotatable bonds is 6. The average Bonchev–Trinajstić information content (AvgIpc) is 2.50. The molecular formula is C18H21ClFN2O2+. The van der Waals surface area contributed by atoms with Crippen molar-refractivity contribution in [3.63, 3.8) is 0 Å². The Labute approximate surface area is 146 Å². The minimum atomic E-state index is -0.438. The van der Waals surface area contributed by atoms with Gasteiger partial charge in [0.1, 0.15) is 18.1 Å². The molecule has 1 atom stereocenters. The smallest absolute Gasteiger partial charge is 0.279 e. The van der Waals surface area contributed by atoms with E-state index in [4.69, 9.17) is 16.3 Å². The van der Waals surface area contributed by atoms with Crippen LogP contribution in [-0.4, -0.2) is 26.6 Å². The summed E-state index contributed by atoms with van der Waals surface area (Å²) in [7, 11) is 3.56. The number of quaternary nitrogens is 1. The summed E-state index contributed by atoms with van der Waals surface area (Å²) in [6.45, 7) is 2.92. The molecule has 0 fully saturated rings. The molecule has 0 bridgehead atoms. The Kier molecular flexibility index (Phi) is 6.17. The van der Waals surface area contributed by atoms with Gasteiger partial charge in [0.2, 0.25) is 0 Å². The lowest BCUT2D eigenvalue weighted by atomic mass is 10.1. The van der Waals surface area contributed by atoms with Gasteiger partial charge < -0.3 is 15.0 Å². The molecule has 4 nitrogen and oxygen atoms in total. The molecular weight excluding hydrogens is 331 g/mol. The zero-order valence-corrected chi connectivity index (χ0v) is 14.7. The Morgan fingerprint density at radius 1 is 1.29 bits per heavy atom. The summed E-state index contributed by atoms with van der Waals surface area (Å²) in [5.74, 6) is 0.182. The van der Waals surface area contributed by atoms with Crippen molar-refractivity contribution in [1.82, 2.24) is 0 Å². The zero-order valence-electron chi connectivity index (χ0n) is 14.0. The van der Waals surface area contributed by atoms with Crippen molar-refractivity contribution in [2.75, 3.05) is 26.0 Å². The number of hydrogen-bond acceptors (Lipinski definition) is 2. The molecule has 128 valence electrons. The monoisotopic (exact) mass is 351 g/mol. The lowest BCUT2D eigenvalue weighted by Gasteiger charge is -2.16. The fourth-order valence-electron chi connectivity index (χ4n) is 2.49. The molecule has 1 amide bonds. The van der Waals surface area contributed by atoms with E-state index in [9.17, 15) is 9.18 Å². The summed E-state index contributed by atoms with van der Waals surface area (Å²) < 4.78 is 18.4. The van der Waals surface area contributed by atoms with Gasteiger partial charge in [-0.3, -0.25) is 4.79 Å². The highest BCUT2D eigenvalue weighted by Gasteiger charge is 2.15. The Balaban J connectivity index is 1.98. The third kappa shape index (κ3) is 4.94. The van der Waals surface area contributed by atoms with E-state index in [1.165, 1.54) is 18.2 Å². The Morgan fingerprint density at radius 2 is 2.04 bits per heavy atom. The number of likely N-dealkylation sites (N-methyl/N-ethyl adjacent to an activating group) is 1. The normalized spacial score (nSPS) is 11.9. The van der Waals surface area contributed by atoms with Gasteiger partial charge in [0.25, 0.3) is 5.91 Å². The number of carbonyl (C=O) groups is 1. The van der Waals surface area contributed by atoms with E-state index in [0.717, 1.165) is 21.8 Å². The lowest BCUT2D eigenvalue weighted by Crippen LogP contribution is -3.08. The van der Waals surface area contributed by atoms with Crippen molar-refractivity contribution < 1.29 is 18.8 Å². The Hall–Kier alpha value is -2.11. The van der Waals surface area contributed by atoms with Crippen LogP contribution in [0.2, 0.25) is 5.02 Å². The molecule has 0 aromatic heterocycles. The topological polar surface area (TPSA) is 42.8 Å². The van der Waals surface area contributed by atoms with Crippen molar-refractivity contribution in [1.29, 1.82) is 0 Å². The van der Waals surface area contributed by atoms with Gasteiger partial charge in [0, 0.05) is 5.56 Å². The number of aryl methyl sites for hydroxylation is 1. The molecule has 2 N–H and O–H groups in total. The molecule has 0 aliphatic rings. The highest BCUT2D eigenvalue weighted by molar-refractivity contribution is 6.33. The second kappa shape index (κ2) is 8.13. The second-order valence-electron chi connectivity index (χ2n) is 5.80. The van der Waals surface area contributed by atoms with E-state index < -0.39 is 5.82 Å². The summed E-state index contributed by atoms with van der Waals surface area (Å²) in [6, 6.07) is 9.85. The Bertz CT molecular complexity index is 737. The van der Waals surface area contributed by atoms with Crippen molar-refractivity contribution in [2.45, 2.75) is 13.5 Å². The van der Waals surface area contributed by atoms with Crippen LogP contribution in [0.5, 0.6) is 5.75 Å².